The van der Waals surface area contributed by atoms with Gasteiger partial charge >= 0.3 is 11.9 Å². The molecule has 0 radical (unpaired) electrons. The molecule has 13 atom stereocenters. The minimum absolute atomic E-state index is 0.0173. The molecule has 7 aliphatic carbocycles. The molecule has 1 saturated heterocycles. The van der Waals surface area contributed by atoms with Crippen molar-refractivity contribution < 1.29 is 32.2 Å². The topological polar surface area (TPSA) is 113 Å². The molecule has 7 saturated carbocycles. The Balaban J connectivity index is 1.02. The Bertz CT molecular complexity index is 1650. The van der Waals surface area contributed by atoms with Crippen LogP contribution in [0.2, 0.25) is 0 Å². The number of sulfone groups is 1. The molecule has 10 heteroatoms. The number of alkyl halides is 1. The van der Waals surface area contributed by atoms with Gasteiger partial charge in [-0.25, -0.2) is 12.8 Å². The van der Waals surface area contributed by atoms with Gasteiger partial charge in [0.05, 0.1) is 29.4 Å². The number of carboxylic acids is 1. The SMILES string of the molecule is CC1([C@@H]2CC[C@]3(NC[C@H](CF)N4CCS(=O)(=O)CC4)CC[C@]4(C)[C@H](CC[C@@H]5[C@@]6(C)CC[C@H](OC(=O)[C@H]7C[C@@H](C(=O)O)C7(C)C)C(C)(C)[C@@H]6CC[C@]54C)[C@@H]23)CC1. The summed E-state index contributed by atoms with van der Waals surface area (Å²) in [5.74, 6) is 1.32. The van der Waals surface area contributed by atoms with Crippen LogP contribution < -0.4 is 5.32 Å². The van der Waals surface area contributed by atoms with Gasteiger partial charge in [-0.15, -0.1) is 0 Å². The summed E-state index contributed by atoms with van der Waals surface area (Å²) in [5, 5.41) is 13.8. The van der Waals surface area contributed by atoms with Gasteiger partial charge in [0.1, 0.15) is 12.8 Å². The van der Waals surface area contributed by atoms with Crippen molar-refractivity contribution in [2.75, 3.05) is 37.8 Å². The summed E-state index contributed by atoms with van der Waals surface area (Å²) in [6, 6.07) is -0.280. The third-order valence-corrected chi connectivity index (χ3v) is 21.8. The molecule has 1 heterocycles. The van der Waals surface area contributed by atoms with Crippen molar-refractivity contribution in [1.29, 1.82) is 0 Å². The summed E-state index contributed by atoms with van der Waals surface area (Å²) in [6.45, 7) is 20.0. The van der Waals surface area contributed by atoms with Gasteiger partial charge in [-0.1, -0.05) is 55.4 Å². The van der Waals surface area contributed by atoms with Gasteiger partial charge < -0.3 is 15.2 Å². The van der Waals surface area contributed by atoms with Crippen LogP contribution in [0.4, 0.5) is 4.39 Å². The summed E-state index contributed by atoms with van der Waals surface area (Å²) in [4.78, 5) is 27.5. The van der Waals surface area contributed by atoms with E-state index in [-0.39, 0.29) is 62.7 Å². The Morgan fingerprint density at radius 3 is 2.09 bits per heavy atom. The summed E-state index contributed by atoms with van der Waals surface area (Å²) in [7, 11) is -3.02. The lowest BCUT2D eigenvalue weighted by Gasteiger charge is -2.73. The molecule has 0 aromatic heterocycles. The zero-order valence-electron chi connectivity index (χ0n) is 35.4. The number of ether oxygens (including phenoxy) is 1. The van der Waals surface area contributed by atoms with Gasteiger partial charge in [-0.2, -0.15) is 0 Å². The molecule has 8 nitrogen and oxygen atoms in total. The van der Waals surface area contributed by atoms with Gasteiger partial charge in [-0.3, -0.25) is 14.5 Å². The second-order valence-corrected chi connectivity index (χ2v) is 25.1. The number of nitrogens with one attached hydrogen (secondary N) is 1. The Morgan fingerprint density at radius 1 is 0.782 bits per heavy atom. The van der Waals surface area contributed by atoms with E-state index in [2.05, 4.69) is 51.8 Å². The Kier molecular flexibility index (Phi) is 9.66. The van der Waals surface area contributed by atoms with Gasteiger partial charge in [0.25, 0.3) is 0 Å². The van der Waals surface area contributed by atoms with E-state index in [0.29, 0.717) is 61.1 Å². The van der Waals surface area contributed by atoms with Crippen molar-refractivity contribution >= 4 is 21.8 Å². The molecule has 55 heavy (non-hydrogen) atoms. The van der Waals surface area contributed by atoms with Gasteiger partial charge in [0, 0.05) is 30.6 Å². The number of fused-ring (bicyclic) bond motifs is 7. The van der Waals surface area contributed by atoms with E-state index in [1.54, 1.807) is 0 Å². The summed E-state index contributed by atoms with van der Waals surface area (Å²) in [6.07, 6.45) is 14.4. The maximum Gasteiger partial charge on any atom is 0.309 e. The van der Waals surface area contributed by atoms with E-state index < -0.39 is 33.8 Å². The molecule has 8 aliphatic rings. The smallest absolute Gasteiger partial charge is 0.309 e. The lowest BCUT2D eigenvalue weighted by molar-refractivity contribution is -0.249. The lowest BCUT2D eigenvalue weighted by atomic mass is 9.32. The highest BCUT2D eigenvalue weighted by Crippen LogP contribution is 2.78. The van der Waals surface area contributed by atoms with Crippen molar-refractivity contribution in [2.45, 2.75) is 157 Å². The van der Waals surface area contributed by atoms with Crippen molar-refractivity contribution in [3.05, 3.63) is 0 Å². The molecule has 0 spiro atoms. The van der Waals surface area contributed by atoms with Crippen LogP contribution in [0.5, 0.6) is 0 Å². The van der Waals surface area contributed by atoms with Crippen molar-refractivity contribution in [2.24, 2.45) is 73.9 Å². The number of nitrogens with zero attached hydrogens (tertiary/aromatic N) is 1. The number of aliphatic carboxylic acids is 1. The fourth-order valence-corrected chi connectivity index (χ4v) is 17.3. The van der Waals surface area contributed by atoms with Crippen molar-refractivity contribution in [3.63, 3.8) is 0 Å². The summed E-state index contributed by atoms with van der Waals surface area (Å²) in [5.41, 5.74) is 0.230. The van der Waals surface area contributed by atoms with E-state index in [9.17, 15) is 27.5 Å². The average molecular weight is 789 g/mol. The highest BCUT2D eigenvalue weighted by atomic mass is 32.2. The maximum absolute atomic E-state index is 14.7. The zero-order chi connectivity index (χ0) is 39.8. The molecule has 0 aromatic rings. The number of carbonyl (C=O) groups excluding carboxylic acids is 1. The molecule has 312 valence electrons. The second kappa shape index (κ2) is 13.1. The number of rotatable bonds is 9. The normalized spacial score (nSPS) is 48.2. The van der Waals surface area contributed by atoms with Crippen molar-refractivity contribution in [3.8, 4) is 0 Å². The second-order valence-electron chi connectivity index (χ2n) is 22.8. The minimum Gasteiger partial charge on any atom is -0.481 e. The molecule has 0 amide bonds. The fraction of sp³-hybridized carbons (Fsp3) is 0.956. The molecular formula is C45H73FN2O6S. The molecule has 8 fully saturated rings. The predicted octanol–water partition coefficient (Wildman–Crippen LogP) is 7.94. The quantitative estimate of drug-likeness (QED) is 0.227. The van der Waals surface area contributed by atoms with Crippen LogP contribution >= 0.6 is 0 Å². The minimum atomic E-state index is -3.02. The van der Waals surface area contributed by atoms with E-state index in [1.807, 2.05) is 13.8 Å². The monoisotopic (exact) mass is 789 g/mol. The third kappa shape index (κ3) is 5.98. The Morgan fingerprint density at radius 2 is 1.47 bits per heavy atom. The number of carboxylic acid groups (broad SMARTS) is 1. The summed E-state index contributed by atoms with van der Waals surface area (Å²) < 4.78 is 45.5. The van der Waals surface area contributed by atoms with Crippen molar-refractivity contribution in [1.82, 2.24) is 10.2 Å². The number of hydrogen-bond acceptors (Lipinski definition) is 7. The molecule has 0 bridgehead atoms. The van der Waals surface area contributed by atoms with Crippen LogP contribution in [-0.4, -0.2) is 85.9 Å². The zero-order valence-corrected chi connectivity index (χ0v) is 36.2. The van der Waals surface area contributed by atoms with Crippen LogP contribution in [0.15, 0.2) is 0 Å². The lowest BCUT2D eigenvalue weighted by Crippen LogP contribution is -2.69. The van der Waals surface area contributed by atoms with Crippen LogP contribution in [0, 0.1) is 73.9 Å². The number of carbonyl (C=O) groups is 2. The maximum atomic E-state index is 14.7. The molecule has 2 N–H and O–H groups in total. The Labute approximate surface area is 331 Å². The van der Waals surface area contributed by atoms with Crippen LogP contribution in [0.25, 0.3) is 0 Å². The molecular weight excluding hydrogens is 716 g/mol. The highest BCUT2D eigenvalue weighted by Gasteiger charge is 2.72. The predicted molar refractivity (Wildman–Crippen MR) is 213 cm³/mol. The molecule has 8 rings (SSSR count). The molecule has 1 aliphatic heterocycles. The van der Waals surface area contributed by atoms with E-state index >= 15 is 0 Å². The first-order valence-electron chi connectivity index (χ1n) is 22.3. The fourth-order valence-electron chi connectivity index (χ4n) is 16.1. The first-order chi connectivity index (χ1) is 25.6. The summed E-state index contributed by atoms with van der Waals surface area (Å²) >= 11 is 0. The van der Waals surface area contributed by atoms with E-state index in [0.717, 1.165) is 25.7 Å². The highest BCUT2D eigenvalue weighted by molar-refractivity contribution is 7.91. The first-order valence-corrected chi connectivity index (χ1v) is 24.1. The Hall–Kier alpha value is -1.26. The average Bonchev–Trinajstić information content (AvgIpc) is 3.72. The van der Waals surface area contributed by atoms with Gasteiger partial charge in [0.15, 0.2) is 9.84 Å². The van der Waals surface area contributed by atoms with Gasteiger partial charge in [0.2, 0.25) is 0 Å². The number of esters is 1. The van der Waals surface area contributed by atoms with E-state index in [4.69, 9.17) is 4.74 Å². The van der Waals surface area contributed by atoms with E-state index in [1.165, 1.54) is 51.4 Å². The molecule has 0 aromatic carbocycles. The number of halogens is 1. The largest absolute Gasteiger partial charge is 0.481 e. The van der Waals surface area contributed by atoms with Crippen LogP contribution in [-0.2, 0) is 24.2 Å². The standard InChI is InChI=1S/C45H73FN2O6S/c1-39(2)31(37(49)50)25-32(39)38(51)54-35-13-14-42(6)33(40(35,3)4)12-15-44(8)34(42)10-9-30-36-29(41(5)17-18-41)11-16-45(36,20-19-43(30,44)7)47-27-28(26-46)48-21-23-55(52,53)24-22-48/h28-36,47H,9-27H2,1-8H3,(H,49,50)/t28-,29+,30+,31-,32+,33-,34+,35-,36+,42-,43+,44+,45-/m0/s1. The first kappa shape index (κ1) is 40.5. The third-order valence-electron chi connectivity index (χ3n) is 20.2. The molecule has 0 unspecified atom stereocenters. The van der Waals surface area contributed by atoms with Crippen LogP contribution in [0.3, 0.4) is 0 Å². The van der Waals surface area contributed by atoms with Crippen LogP contribution in [0.1, 0.15) is 139 Å². The van der Waals surface area contributed by atoms with Gasteiger partial charge in [-0.05, 0) is 140 Å². The number of hydrogen-bond donors (Lipinski definition) is 2.